The van der Waals surface area contributed by atoms with Crippen LogP contribution >= 0.6 is 0 Å². The van der Waals surface area contributed by atoms with Crippen LogP contribution in [0.2, 0.25) is 0 Å². The lowest BCUT2D eigenvalue weighted by Crippen LogP contribution is -2.35. The van der Waals surface area contributed by atoms with Crippen molar-refractivity contribution < 1.29 is 13.9 Å². The second kappa shape index (κ2) is 7.31. The third-order valence-corrected chi connectivity index (χ3v) is 4.17. The molecule has 1 saturated heterocycles. The van der Waals surface area contributed by atoms with Crippen LogP contribution in [-0.2, 0) is 0 Å². The van der Waals surface area contributed by atoms with E-state index in [4.69, 9.17) is 9.15 Å². The summed E-state index contributed by atoms with van der Waals surface area (Å²) < 4.78 is 11.1. The Labute approximate surface area is 136 Å². The fraction of sp³-hybridized carbons (Fsp3) is 0.444. The molecule has 2 aromatic rings. The molecule has 0 aliphatic carbocycles. The number of carbonyl (C=O) groups excluding carboxylic acids is 1. The Balaban J connectivity index is 1.92. The number of aromatic nitrogens is 1. The number of nitrogens with zero attached hydrogens (tertiary/aromatic N) is 2. The lowest BCUT2D eigenvalue weighted by atomic mass is 10.1. The molecule has 0 spiro atoms. The lowest BCUT2D eigenvalue weighted by molar-refractivity contribution is 0.0653. The van der Waals surface area contributed by atoms with Crippen LogP contribution in [0.5, 0.6) is 5.88 Å². The number of amides is 1. The van der Waals surface area contributed by atoms with Crippen LogP contribution in [-0.4, -0.2) is 28.9 Å². The molecule has 2 aromatic heterocycles. The predicted octanol–water partition coefficient (Wildman–Crippen LogP) is 3.83. The van der Waals surface area contributed by atoms with Crippen molar-refractivity contribution >= 4 is 5.91 Å². The second-order valence-electron chi connectivity index (χ2n) is 5.67. The highest BCUT2D eigenvalue weighted by Crippen LogP contribution is 2.32. The first-order chi connectivity index (χ1) is 11.3. The number of furan rings is 1. The average molecular weight is 314 g/mol. The molecular weight excluding hydrogens is 292 g/mol. The van der Waals surface area contributed by atoms with Crippen molar-refractivity contribution in [1.82, 2.24) is 9.88 Å². The molecule has 0 saturated carbocycles. The summed E-state index contributed by atoms with van der Waals surface area (Å²) in [7, 11) is 0. The van der Waals surface area contributed by atoms with Crippen LogP contribution in [0.3, 0.4) is 0 Å². The van der Waals surface area contributed by atoms with Crippen LogP contribution in [0.1, 0.15) is 54.8 Å². The summed E-state index contributed by atoms with van der Waals surface area (Å²) in [6, 6.07) is 7.36. The van der Waals surface area contributed by atoms with Crippen LogP contribution in [0.25, 0.3) is 0 Å². The van der Waals surface area contributed by atoms with Crippen molar-refractivity contribution in [2.24, 2.45) is 0 Å². The highest BCUT2D eigenvalue weighted by Gasteiger charge is 2.30. The van der Waals surface area contributed by atoms with E-state index in [-0.39, 0.29) is 11.9 Å². The second-order valence-corrected chi connectivity index (χ2v) is 5.67. The highest BCUT2D eigenvalue weighted by atomic mass is 16.5. The third-order valence-electron chi connectivity index (χ3n) is 4.17. The van der Waals surface area contributed by atoms with Gasteiger partial charge in [-0.3, -0.25) is 4.79 Å². The molecule has 0 aromatic carbocycles. The van der Waals surface area contributed by atoms with Gasteiger partial charge in [0, 0.05) is 12.7 Å². The molecule has 23 heavy (non-hydrogen) atoms. The van der Waals surface area contributed by atoms with E-state index in [1.807, 2.05) is 24.0 Å². The van der Waals surface area contributed by atoms with Crippen molar-refractivity contribution in [2.75, 3.05) is 13.2 Å². The normalized spacial score (nSPS) is 18.5. The van der Waals surface area contributed by atoms with Gasteiger partial charge < -0.3 is 14.1 Å². The number of hydrogen-bond acceptors (Lipinski definition) is 4. The Hall–Kier alpha value is -2.30. The molecule has 0 radical (unpaired) electrons. The largest absolute Gasteiger partial charge is 0.477 e. The standard InChI is InChI=1S/C18H22N2O3/c1-2-22-17-14(8-6-11-19-17)18(21)20-12-5-3-4-9-15(20)16-10-7-13-23-16/h6-8,10-11,13,15H,2-5,9,12H2,1H3. The molecule has 0 N–H and O–H groups in total. The van der Waals surface area contributed by atoms with E-state index < -0.39 is 0 Å². The minimum absolute atomic E-state index is 0.0188. The molecule has 3 rings (SSSR count). The quantitative estimate of drug-likeness (QED) is 0.860. The van der Waals surface area contributed by atoms with Crippen molar-refractivity contribution in [1.29, 1.82) is 0 Å². The maximum absolute atomic E-state index is 13.1. The lowest BCUT2D eigenvalue weighted by Gasteiger charge is -2.29. The van der Waals surface area contributed by atoms with Gasteiger partial charge >= 0.3 is 0 Å². The molecule has 1 aliphatic rings. The maximum Gasteiger partial charge on any atom is 0.259 e. The molecule has 1 unspecified atom stereocenters. The minimum atomic E-state index is -0.0372. The third kappa shape index (κ3) is 3.38. The Kier molecular flexibility index (Phi) is 4.95. The van der Waals surface area contributed by atoms with E-state index in [0.29, 0.717) is 18.1 Å². The zero-order valence-corrected chi connectivity index (χ0v) is 13.4. The molecule has 1 atom stereocenters. The molecule has 0 bridgehead atoms. The number of carbonyl (C=O) groups is 1. The zero-order chi connectivity index (χ0) is 16.1. The molecule has 1 aliphatic heterocycles. The van der Waals surface area contributed by atoms with Crippen molar-refractivity contribution in [3.63, 3.8) is 0 Å². The van der Waals surface area contributed by atoms with Gasteiger partial charge in [0.25, 0.3) is 5.91 Å². The summed E-state index contributed by atoms with van der Waals surface area (Å²) in [5, 5.41) is 0. The average Bonchev–Trinajstić information content (AvgIpc) is 2.99. The molecule has 122 valence electrons. The monoisotopic (exact) mass is 314 g/mol. The fourth-order valence-electron chi connectivity index (χ4n) is 3.09. The van der Waals surface area contributed by atoms with E-state index in [1.165, 1.54) is 0 Å². The van der Waals surface area contributed by atoms with E-state index >= 15 is 0 Å². The Morgan fingerprint density at radius 2 is 2.26 bits per heavy atom. The van der Waals surface area contributed by atoms with Gasteiger partial charge in [-0.15, -0.1) is 0 Å². The van der Waals surface area contributed by atoms with Gasteiger partial charge in [0.15, 0.2) is 0 Å². The van der Waals surface area contributed by atoms with Crippen LogP contribution in [0, 0.1) is 0 Å². The van der Waals surface area contributed by atoms with Crippen molar-refractivity contribution in [2.45, 2.75) is 38.6 Å². The van der Waals surface area contributed by atoms with E-state index in [1.54, 1.807) is 24.6 Å². The number of ether oxygens (including phenoxy) is 1. The molecular formula is C18H22N2O3. The van der Waals surface area contributed by atoms with Crippen molar-refractivity contribution in [3.8, 4) is 5.88 Å². The maximum atomic E-state index is 13.1. The molecule has 5 heteroatoms. The Morgan fingerprint density at radius 3 is 3.04 bits per heavy atom. The van der Waals surface area contributed by atoms with E-state index in [9.17, 15) is 4.79 Å². The highest BCUT2D eigenvalue weighted by molar-refractivity contribution is 5.96. The fourth-order valence-corrected chi connectivity index (χ4v) is 3.09. The van der Waals surface area contributed by atoms with E-state index in [2.05, 4.69) is 4.98 Å². The van der Waals surface area contributed by atoms with Gasteiger partial charge in [-0.25, -0.2) is 4.98 Å². The molecule has 5 nitrogen and oxygen atoms in total. The molecule has 1 fully saturated rings. The summed E-state index contributed by atoms with van der Waals surface area (Å²) in [6.07, 6.45) is 7.47. The SMILES string of the molecule is CCOc1ncccc1C(=O)N1CCCCCC1c1ccco1. The molecule has 1 amide bonds. The van der Waals surface area contributed by atoms with Gasteiger partial charge in [0.1, 0.15) is 11.3 Å². The summed E-state index contributed by atoms with van der Waals surface area (Å²) in [6.45, 7) is 3.10. The Bertz CT molecular complexity index is 639. The number of pyridine rings is 1. The number of rotatable bonds is 4. The van der Waals surface area contributed by atoms with Gasteiger partial charge in [0.2, 0.25) is 5.88 Å². The summed E-state index contributed by atoms with van der Waals surface area (Å²) >= 11 is 0. The molecule has 3 heterocycles. The predicted molar refractivity (Wildman–Crippen MR) is 86.4 cm³/mol. The smallest absolute Gasteiger partial charge is 0.259 e. The van der Waals surface area contributed by atoms with Gasteiger partial charge in [-0.1, -0.05) is 12.8 Å². The summed E-state index contributed by atoms with van der Waals surface area (Å²) in [4.78, 5) is 19.2. The summed E-state index contributed by atoms with van der Waals surface area (Å²) in [5.41, 5.74) is 0.521. The topological polar surface area (TPSA) is 55.6 Å². The Morgan fingerprint density at radius 1 is 1.35 bits per heavy atom. The first-order valence-electron chi connectivity index (χ1n) is 8.23. The van der Waals surface area contributed by atoms with Crippen molar-refractivity contribution in [3.05, 3.63) is 48.0 Å². The van der Waals surface area contributed by atoms with Crippen LogP contribution in [0.4, 0.5) is 0 Å². The number of hydrogen-bond donors (Lipinski definition) is 0. The number of likely N-dealkylation sites (tertiary alicyclic amines) is 1. The minimum Gasteiger partial charge on any atom is -0.477 e. The van der Waals surface area contributed by atoms with Gasteiger partial charge in [-0.2, -0.15) is 0 Å². The van der Waals surface area contributed by atoms with Crippen LogP contribution < -0.4 is 4.74 Å². The first kappa shape index (κ1) is 15.6. The van der Waals surface area contributed by atoms with Gasteiger partial charge in [-0.05, 0) is 44.0 Å². The zero-order valence-electron chi connectivity index (χ0n) is 13.4. The first-order valence-corrected chi connectivity index (χ1v) is 8.23. The van der Waals surface area contributed by atoms with Crippen LogP contribution in [0.15, 0.2) is 41.1 Å². The van der Waals surface area contributed by atoms with E-state index in [0.717, 1.165) is 38.0 Å². The van der Waals surface area contributed by atoms with Gasteiger partial charge in [0.05, 0.1) is 18.9 Å². The summed E-state index contributed by atoms with van der Waals surface area (Å²) in [5.74, 6) is 1.22.